The molecule has 0 spiro atoms. The number of rotatable bonds is 4. The molecule has 0 aliphatic heterocycles. The highest BCUT2D eigenvalue weighted by atomic mass is 35.5. The van der Waals surface area contributed by atoms with Gasteiger partial charge >= 0.3 is 12.0 Å². The van der Waals surface area contributed by atoms with Gasteiger partial charge in [-0.3, -0.25) is 0 Å². The quantitative estimate of drug-likeness (QED) is 0.797. The minimum atomic E-state index is -1.12. The number of hydrogen-bond donors (Lipinski definition) is 3. The van der Waals surface area contributed by atoms with E-state index in [9.17, 15) is 14.0 Å². The maximum Gasteiger partial charge on any atom is 0.326 e. The molecule has 104 valence electrons. The van der Waals surface area contributed by atoms with E-state index in [2.05, 4.69) is 10.6 Å². The van der Waals surface area contributed by atoms with E-state index in [1.807, 2.05) is 0 Å². The van der Waals surface area contributed by atoms with Crippen LogP contribution in [0.5, 0.6) is 0 Å². The summed E-state index contributed by atoms with van der Waals surface area (Å²) in [5, 5.41) is 13.5. The zero-order valence-corrected chi connectivity index (χ0v) is 11.2. The van der Waals surface area contributed by atoms with Crippen LogP contribution in [0.15, 0.2) is 18.2 Å². The Kier molecular flexibility index (Phi) is 5.11. The molecule has 3 N–H and O–H groups in total. The molecule has 1 aromatic carbocycles. The van der Waals surface area contributed by atoms with Crippen molar-refractivity contribution in [1.29, 1.82) is 0 Å². The molecule has 0 bridgehead atoms. The predicted octanol–water partition coefficient (Wildman–Crippen LogP) is 2.71. The number of amides is 2. The fourth-order valence-electron chi connectivity index (χ4n) is 1.40. The monoisotopic (exact) mass is 288 g/mol. The van der Waals surface area contributed by atoms with Gasteiger partial charge in [-0.2, -0.15) is 0 Å². The molecule has 0 aromatic heterocycles. The number of hydrogen-bond acceptors (Lipinski definition) is 2. The predicted molar refractivity (Wildman–Crippen MR) is 69.8 cm³/mol. The third-order valence-corrected chi connectivity index (χ3v) is 2.69. The molecule has 0 aliphatic rings. The van der Waals surface area contributed by atoms with Gasteiger partial charge in [-0.15, -0.1) is 0 Å². The Morgan fingerprint density at radius 1 is 1.37 bits per heavy atom. The largest absolute Gasteiger partial charge is 0.480 e. The van der Waals surface area contributed by atoms with Crippen LogP contribution in [-0.4, -0.2) is 23.1 Å². The number of benzene rings is 1. The van der Waals surface area contributed by atoms with Crippen LogP contribution in [0.1, 0.15) is 13.8 Å². The fraction of sp³-hybridized carbons (Fsp3) is 0.333. The standard InChI is InChI=1S/C12H14ClFN2O3/c1-6(2)10(11(17)18)16-12(19)15-7-3-4-9(14)8(13)5-7/h3-6,10H,1-2H3,(H,17,18)(H2,15,16,19)/t10-/m0/s1. The summed E-state index contributed by atoms with van der Waals surface area (Å²) in [6.45, 7) is 3.35. The number of carbonyl (C=O) groups is 2. The molecule has 0 unspecified atom stereocenters. The van der Waals surface area contributed by atoms with Gasteiger partial charge in [0.25, 0.3) is 0 Å². The van der Waals surface area contributed by atoms with Crippen LogP contribution in [0.2, 0.25) is 5.02 Å². The molecule has 1 rings (SSSR count). The minimum Gasteiger partial charge on any atom is -0.480 e. The minimum absolute atomic E-state index is 0.128. The lowest BCUT2D eigenvalue weighted by Crippen LogP contribution is -2.46. The van der Waals surface area contributed by atoms with Crippen molar-refractivity contribution in [3.8, 4) is 0 Å². The van der Waals surface area contributed by atoms with Crippen LogP contribution in [0.25, 0.3) is 0 Å². The van der Waals surface area contributed by atoms with E-state index in [1.165, 1.54) is 12.1 Å². The topological polar surface area (TPSA) is 78.4 Å². The van der Waals surface area contributed by atoms with Crippen molar-refractivity contribution in [1.82, 2.24) is 5.32 Å². The second-order valence-electron chi connectivity index (χ2n) is 4.29. The summed E-state index contributed by atoms with van der Waals surface area (Å²) in [4.78, 5) is 22.5. The van der Waals surface area contributed by atoms with Crippen molar-refractivity contribution in [3.63, 3.8) is 0 Å². The normalized spacial score (nSPS) is 12.1. The summed E-state index contributed by atoms with van der Waals surface area (Å²) in [7, 11) is 0. The van der Waals surface area contributed by atoms with Crippen LogP contribution in [0, 0.1) is 11.7 Å². The summed E-state index contributed by atoms with van der Waals surface area (Å²) in [6.07, 6.45) is 0. The van der Waals surface area contributed by atoms with Gasteiger partial charge in [0.05, 0.1) is 5.02 Å². The van der Waals surface area contributed by atoms with E-state index in [4.69, 9.17) is 16.7 Å². The van der Waals surface area contributed by atoms with E-state index >= 15 is 0 Å². The molecule has 0 radical (unpaired) electrons. The van der Waals surface area contributed by atoms with Crippen molar-refractivity contribution < 1.29 is 19.1 Å². The molecule has 5 nitrogen and oxygen atoms in total. The molecule has 2 amide bonds. The highest BCUT2D eigenvalue weighted by Crippen LogP contribution is 2.19. The molecule has 0 heterocycles. The molecule has 1 aromatic rings. The second kappa shape index (κ2) is 6.38. The Hall–Kier alpha value is -1.82. The highest BCUT2D eigenvalue weighted by molar-refractivity contribution is 6.31. The van der Waals surface area contributed by atoms with Gasteiger partial charge in [-0.1, -0.05) is 25.4 Å². The van der Waals surface area contributed by atoms with Crippen LogP contribution in [0.4, 0.5) is 14.9 Å². The smallest absolute Gasteiger partial charge is 0.326 e. The zero-order valence-electron chi connectivity index (χ0n) is 10.4. The number of urea groups is 1. The summed E-state index contributed by atoms with van der Waals surface area (Å²) in [6, 6.07) is 1.97. The maximum atomic E-state index is 12.9. The first-order valence-electron chi connectivity index (χ1n) is 5.56. The molecular weight excluding hydrogens is 275 g/mol. The van der Waals surface area contributed by atoms with Crippen molar-refractivity contribution in [2.24, 2.45) is 5.92 Å². The second-order valence-corrected chi connectivity index (χ2v) is 4.69. The average Bonchev–Trinajstić information content (AvgIpc) is 2.30. The van der Waals surface area contributed by atoms with Crippen molar-refractivity contribution in [2.45, 2.75) is 19.9 Å². The van der Waals surface area contributed by atoms with Gasteiger partial charge in [0.1, 0.15) is 11.9 Å². The third kappa shape index (κ3) is 4.40. The third-order valence-electron chi connectivity index (χ3n) is 2.40. The number of nitrogens with one attached hydrogen (secondary N) is 2. The first-order valence-corrected chi connectivity index (χ1v) is 5.94. The van der Waals surface area contributed by atoms with Crippen molar-refractivity contribution in [3.05, 3.63) is 29.0 Å². The highest BCUT2D eigenvalue weighted by Gasteiger charge is 2.23. The number of carbonyl (C=O) groups excluding carboxylic acids is 1. The Morgan fingerprint density at radius 3 is 2.47 bits per heavy atom. The van der Waals surface area contributed by atoms with E-state index in [0.717, 1.165) is 6.07 Å². The fourth-order valence-corrected chi connectivity index (χ4v) is 1.58. The summed E-state index contributed by atoms with van der Waals surface area (Å²) < 4.78 is 12.9. The SMILES string of the molecule is CC(C)[C@H](NC(=O)Nc1ccc(F)c(Cl)c1)C(=O)O. The van der Waals surface area contributed by atoms with Gasteiger partial charge in [-0.25, -0.2) is 14.0 Å². The van der Waals surface area contributed by atoms with Gasteiger partial charge in [-0.05, 0) is 24.1 Å². The number of aliphatic carboxylic acids is 1. The number of halogens is 2. The Balaban J connectivity index is 2.69. The summed E-state index contributed by atoms with van der Waals surface area (Å²) in [5.41, 5.74) is 0.275. The Bertz CT molecular complexity index is 494. The lowest BCUT2D eigenvalue weighted by molar-refractivity contribution is -0.140. The molecule has 0 fully saturated rings. The van der Waals surface area contributed by atoms with Crippen LogP contribution >= 0.6 is 11.6 Å². The van der Waals surface area contributed by atoms with Gasteiger partial charge in [0.15, 0.2) is 0 Å². The van der Waals surface area contributed by atoms with Crippen molar-refractivity contribution in [2.75, 3.05) is 5.32 Å². The molecule has 1 atom stereocenters. The van der Waals surface area contributed by atoms with Gasteiger partial charge in [0, 0.05) is 5.69 Å². The molecule has 7 heteroatoms. The van der Waals surface area contributed by atoms with E-state index < -0.39 is 23.9 Å². The first kappa shape index (κ1) is 15.2. The van der Waals surface area contributed by atoms with Crippen LogP contribution in [-0.2, 0) is 4.79 Å². The van der Waals surface area contributed by atoms with Gasteiger partial charge in [0.2, 0.25) is 0 Å². The molecular formula is C12H14ClFN2O3. The Morgan fingerprint density at radius 2 is 2.00 bits per heavy atom. The van der Waals surface area contributed by atoms with E-state index in [1.54, 1.807) is 13.8 Å². The van der Waals surface area contributed by atoms with Crippen molar-refractivity contribution >= 4 is 29.3 Å². The van der Waals surface area contributed by atoms with Crippen LogP contribution < -0.4 is 10.6 Å². The number of carboxylic acid groups (broad SMARTS) is 1. The zero-order chi connectivity index (χ0) is 14.6. The van der Waals surface area contributed by atoms with E-state index in [-0.39, 0.29) is 16.6 Å². The van der Waals surface area contributed by atoms with Gasteiger partial charge < -0.3 is 15.7 Å². The lowest BCUT2D eigenvalue weighted by atomic mass is 10.1. The lowest BCUT2D eigenvalue weighted by Gasteiger charge is -2.18. The maximum absolute atomic E-state index is 12.9. The van der Waals surface area contributed by atoms with E-state index in [0.29, 0.717) is 0 Å². The molecule has 0 saturated carbocycles. The molecule has 0 saturated heterocycles. The molecule has 19 heavy (non-hydrogen) atoms. The first-order chi connectivity index (χ1) is 8.81. The number of carboxylic acids is 1. The summed E-state index contributed by atoms with van der Waals surface area (Å²) >= 11 is 5.56. The van der Waals surface area contributed by atoms with Crippen LogP contribution in [0.3, 0.4) is 0 Å². The number of anilines is 1. The molecule has 0 aliphatic carbocycles. The average molecular weight is 289 g/mol. The Labute approximate surface area is 114 Å². The summed E-state index contributed by atoms with van der Waals surface area (Å²) in [5.74, 6) is -1.99.